The van der Waals surface area contributed by atoms with Gasteiger partial charge in [0.2, 0.25) is 0 Å². The molecule has 0 saturated heterocycles. The Morgan fingerprint density at radius 2 is 1.43 bits per heavy atom. The van der Waals surface area contributed by atoms with Gasteiger partial charge in [-0.2, -0.15) is 0 Å². The molecule has 37 heavy (non-hydrogen) atoms. The van der Waals surface area contributed by atoms with E-state index < -0.39 is 5.92 Å². The van der Waals surface area contributed by atoms with E-state index >= 15 is 0 Å². The van der Waals surface area contributed by atoms with E-state index in [-0.39, 0.29) is 26.5 Å². The zero-order valence-electron chi connectivity index (χ0n) is 20.5. The maximum absolute atomic E-state index is 14.2. The molecule has 4 rings (SSSR count). The van der Waals surface area contributed by atoms with Crippen LogP contribution in [-0.4, -0.2) is 33.6 Å². The topological polar surface area (TPSA) is 43.4 Å². The molecule has 3 nitrogen and oxygen atoms in total. The summed E-state index contributed by atoms with van der Waals surface area (Å²) in [4.78, 5) is 28.0. The number of benzene rings is 4. The van der Waals surface area contributed by atoms with Crippen LogP contribution in [0.4, 0.5) is 0 Å². The molecule has 0 bridgehead atoms. The van der Waals surface area contributed by atoms with Crippen LogP contribution in [0.15, 0.2) is 114 Å². The fourth-order valence-corrected chi connectivity index (χ4v) is 6.21. The molecule has 0 aliphatic rings. The summed E-state index contributed by atoms with van der Waals surface area (Å²) >= 11 is 3.64. The van der Waals surface area contributed by atoms with Crippen molar-refractivity contribution in [2.75, 3.05) is 7.11 Å². The molecule has 4 aromatic carbocycles. The minimum absolute atomic E-state index is 0.154. The average Bonchev–Trinajstić information content (AvgIpc) is 2.95. The number of Topliss-reactive ketones (excluding diaryl/α,β-unsaturated/α-hetero) is 2. The first kappa shape index (κ1) is 26.8. The van der Waals surface area contributed by atoms with Gasteiger partial charge in [-0.25, -0.2) is 0 Å². The van der Waals surface area contributed by atoms with Gasteiger partial charge >= 0.3 is 234 Å². The molecule has 0 heterocycles. The van der Waals surface area contributed by atoms with Crippen LogP contribution >= 0.6 is 15.9 Å². The van der Waals surface area contributed by atoms with E-state index in [1.807, 2.05) is 78.9 Å². The predicted molar refractivity (Wildman–Crippen MR) is 156 cm³/mol. The van der Waals surface area contributed by atoms with Crippen molar-refractivity contribution in [1.82, 2.24) is 0 Å². The molecule has 0 radical (unpaired) electrons. The second kappa shape index (κ2) is 13.3. The van der Waals surface area contributed by atoms with Gasteiger partial charge in [-0.15, -0.1) is 0 Å². The van der Waals surface area contributed by atoms with Gasteiger partial charge in [0.25, 0.3) is 0 Å². The fraction of sp³-hybridized carbons (Fsp3) is 0.125. The molecule has 0 amide bonds. The summed E-state index contributed by atoms with van der Waals surface area (Å²) in [7, 11) is 1.59. The quantitative estimate of drug-likeness (QED) is 0.0604. The number of allylic oxidation sites excluding steroid dienone is 1. The van der Waals surface area contributed by atoms with Crippen molar-refractivity contribution in [2.24, 2.45) is 5.92 Å². The minimum atomic E-state index is -0.777. The third kappa shape index (κ3) is 7.39. The van der Waals surface area contributed by atoms with E-state index in [0.29, 0.717) is 23.3 Å². The Kier molecular flexibility index (Phi) is 9.67. The molecular weight excluding hydrogens is 591 g/mol. The Balaban J connectivity index is 1.69. The Bertz CT molecular complexity index is 1350. The first-order valence-electron chi connectivity index (χ1n) is 12.0. The van der Waals surface area contributed by atoms with Gasteiger partial charge in [0.15, 0.2) is 0 Å². The van der Waals surface area contributed by atoms with Crippen molar-refractivity contribution >= 4 is 58.6 Å². The molecule has 0 saturated carbocycles. The second-order valence-corrected chi connectivity index (χ2v) is 11.8. The predicted octanol–water partition coefficient (Wildman–Crippen LogP) is 6.90. The molecule has 4 aromatic rings. The number of halogens is 1. The summed E-state index contributed by atoms with van der Waals surface area (Å²) in [5.41, 5.74) is 2.76. The van der Waals surface area contributed by atoms with Crippen LogP contribution in [0.5, 0.6) is 5.75 Å². The van der Waals surface area contributed by atoms with Gasteiger partial charge in [0, 0.05) is 0 Å². The molecule has 0 aliphatic carbocycles. The van der Waals surface area contributed by atoms with Crippen LogP contribution in [0.25, 0.3) is 11.6 Å². The summed E-state index contributed by atoms with van der Waals surface area (Å²) in [6, 6.07) is 34.7. The van der Waals surface area contributed by atoms with E-state index in [0.717, 1.165) is 20.9 Å². The third-order valence-corrected chi connectivity index (χ3v) is 8.68. The number of ether oxygens (including phenoxy) is 1. The third-order valence-electron chi connectivity index (χ3n) is 5.96. The molecule has 186 valence electrons. The van der Waals surface area contributed by atoms with Gasteiger partial charge in [-0.05, 0) is 0 Å². The molecule has 5 heteroatoms. The van der Waals surface area contributed by atoms with Gasteiger partial charge in [0.05, 0.1) is 0 Å². The van der Waals surface area contributed by atoms with Crippen molar-refractivity contribution in [3.63, 3.8) is 0 Å². The van der Waals surface area contributed by atoms with Crippen LogP contribution in [0.2, 0.25) is 5.32 Å². The van der Waals surface area contributed by atoms with Gasteiger partial charge < -0.3 is 0 Å². The van der Waals surface area contributed by atoms with E-state index in [9.17, 15) is 9.59 Å². The van der Waals surface area contributed by atoms with Crippen molar-refractivity contribution in [1.29, 1.82) is 0 Å². The normalized spacial score (nSPS) is 12.1. The average molecular weight is 618 g/mol. The standard InChI is InChI=1S/C32H27BrO3Se/c1-36-27-18-14-25(15-19-27)31(34)29(20-21-37-28-10-6-3-7-11-28)32(35)30(24-8-4-2-5-9-24)22-23-12-16-26(33)17-13-23/h2-19,22,29H,20-21H2,1H3/b30-22+. The number of methoxy groups -OCH3 is 1. The fourth-order valence-electron chi connectivity index (χ4n) is 3.98. The van der Waals surface area contributed by atoms with E-state index in [2.05, 4.69) is 28.1 Å². The van der Waals surface area contributed by atoms with Gasteiger partial charge in [-0.3, -0.25) is 0 Å². The zero-order chi connectivity index (χ0) is 26.0. The number of carbonyl (C=O) groups excluding carboxylic acids is 2. The molecule has 0 N–H and O–H groups in total. The molecular formula is C32H27BrO3Se. The molecule has 1 unspecified atom stereocenters. The van der Waals surface area contributed by atoms with Crippen LogP contribution in [-0.2, 0) is 4.79 Å². The van der Waals surface area contributed by atoms with Gasteiger partial charge in [-0.1, -0.05) is 0 Å². The Morgan fingerprint density at radius 1 is 0.811 bits per heavy atom. The number of carbonyl (C=O) groups is 2. The molecule has 1 atom stereocenters. The maximum atomic E-state index is 14.2. The first-order chi connectivity index (χ1) is 18.0. The summed E-state index contributed by atoms with van der Waals surface area (Å²) in [6.45, 7) is 0. The van der Waals surface area contributed by atoms with Crippen molar-refractivity contribution in [2.45, 2.75) is 11.7 Å². The number of ketones is 2. The molecule has 0 spiro atoms. The Labute approximate surface area is 232 Å². The van der Waals surface area contributed by atoms with E-state index in [1.165, 1.54) is 4.46 Å². The Hall–Kier alpha value is -3.24. The van der Waals surface area contributed by atoms with Crippen molar-refractivity contribution < 1.29 is 14.3 Å². The van der Waals surface area contributed by atoms with Crippen LogP contribution < -0.4 is 9.20 Å². The van der Waals surface area contributed by atoms with Crippen molar-refractivity contribution in [3.05, 3.63) is 130 Å². The molecule has 0 fully saturated rings. The monoisotopic (exact) mass is 618 g/mol. The summed E-state index contributed by atoms with van der Waals surface area (Å²) in [5, 5.41) is 0.787. The van der Waals surface area contributed by atoms with Crippen LogP contribution in [0.3, 0.4) is 0 Å². The molecule has 0 aliphatic heterocycles. The number of hydrogen-bond donors (Lipinski definition) is 0. The van der Waals surface area contributed by atoms with Crippen LogP contribution in [0, 0.1) is 5.92 Å². The number of rotatable bonds is 11. The summed E-state index contributed by atoms with van der Waals surface area (Å²) in [5.74, 6) is -0.416. The Morgan fingerprint density at radius 3 is 2.05 bits per heavy atom. The second-order valence-electron chi connectivity index (χ2n) is 8.44. The number of hydrogen-bond acceptors (Lipinski definition) is 3. The molecule has 0 aromatic heterocycles. The van der Waals surface area contributed by atoms with E-state index in [4.69, 9.17) is 4.74 Å². The van der Waals surface area contributed by atoms with Crippen molar-refractivity contribution in [3.8, 4) is 5.75 Å². The van der Waals surface area contributed by atoms with Crippen LogP contribution in [0.1, 0.15) is 27.9 Å². The SMILES string of the molecule is COc1ccc(C(=O)C(CC[Se]c2ccccc2)C(=O)/C(=C/c2ccc(Br)cc2)c2ccccc2)cc1. The summed E-state index contributed by atoms with van der Waals surface area (Å²) in [6.07, 6.45) is 2.38. The van der Waals surface area contributed by atoms with Gasteiger partial charge in [0.1, 0.15) is 0 Å². The first-order valence-corrected chi connectivity index (χ1v) is 14.8. The van der Waals surface area contributed by atoms with E-state index in [1.54, 1.807) is 31.4 Å². The summed E-state index contributed by atoms with van der Waals surface area (Å²) < 4.78 is 7.48. The zero-order valence-corrected chi connectivity index (χ0v) is 23.8.